The molecule has 1 aromatic rings. The van der Waals surface area contributed by atoms with Crippen molar-refractivity contribution in [3.8, 4) is 5.75 Å². The third-order valence-corrected chi connectivity index (χ3v) is 3.04. The van der Waals surface area contributed by atoms with Crippen LogP contribution in [0.2, 0.25) is 5.02 Å². The molecule has 0 aliphatic carbocycles. The fourth-order valence-electron chi connectivity index (χ4n) is 1.44. The Morgan fingerprint density at radius 2 is 2.15 bits per heavy atom. The van der Waals surface area contributed by atoms with Gasteiger partial charge in [-0.3, -0.25) is 4.79 Å². The standard InChI is InChI=1S/C13H17BrClNO4/c1-3-20-13-10(14)6-9(15)7-11(13)16-12(17)8-19-5-4-18-2/h6-7H,3-5,8H2,1-2H3,(H,16,17). The fraction of sp³-hybridized carbons (Fsp3) is 0.462. The lowest BCUT2D eigenvalue weighted by Gasteiger charge is -2.14. The quantitative estimate of drug-likeness (QED) is 0.718. The van der Waals surface area contributed by atoms with Gasteiger partial charge in [0.15, 0.2) is 5.75 Å². The maximum absolute atomic E-state index is 11.8. The van der Waals surface area contributed by atoms with E-state index in [9.17, 15) is 4.79 Å². The van der Waals surface area contributed by atoms with Crippen LogP contribution in [-0.4, -0.2) is 39.4 Å². The first kappa shape index (κ1) is 17.2. The number of nitrogens with one attached hydrogen (secondary N) is 1. The smallest absolute Gasteiger partial charge is 0.250 e. The van der Waals surface area contributed by atoms with Crippen LogP contribution in [0.4, 0.5) is 5.69 Å². The number of ether oxygens (including phenoxy) is 3. The van der Waals surface area contributed by atoms with Gasteiger partial charge in [-0.15, -0.1) is 0 Å². The highest BCUT2D eigenvalue weighted by molar-refractivity contribution is 9.10. The second-order valence-electron chi connectivity index (χ2n) is 3.79. The number of anilines is 1. The highest BCUT2D eigenvalue weighted by Gasteiger charge is 2.13. The normalized spacial score (nSPS) is 10.4. The van der Waals surface area contributed by atoms with Gasteiger partial charge in [0.05, 0.1) is 30.0 Å². The molecule has 0 unspecified atom stereocenters. The zero-order chi connectivity index (χ0) is 15.0. The van der Waals surface area contributed by atoms with Gasteiger partial charge in [-0.05, 0) is 35.0 Å². The number of hydrogen-bond donors (Lipinski definition) is 1. The molecule has 1 rings (SSSR count). The Bertz CT molecular complexity index is 456. The molecule has 0 aromatic heterocycles. The first-order valence-electron chi connectivity index (χ1n) is 6.06. The maximum atomic E-state index is 11.8. The molecule has 0 fully saturated rings. The minimum absolute atomic E-state index is 0.0565. The second-order valence-corrected chi connectivity index (χ2v) is 5.08. The number of halogens is 2. The molecule has 1 amide bonds. The lowest BCUT2D eigenvalue weighted by molar-refractivity contribution is -0.121. The summed E-state index contributed by atoms with van der Waals surface area (Å²) in [7, 11) is 1.57. The average molecular weight is 367 g/mol. The lowest BCUT2D eigenvalue weighted by atomic mass is 10.3. The molecule has 0 radical (unpaired) electrons. The van der Waals surface area contributed by atoms with E-state index in [0.717, 1.165) is 0 Å². The van der Waals surface area contributed by atoms with Gasteiger partial charge >= 0.3 is 0 Å². The van der Waals surface area contributed by atoms with E-state index >= 15 is 0 Å². The summed E-state index contributed by atoms with van der Waals surface area (Å²) >= 11 is 9.32. The highest BCUT2D eigenvalue weighted by atomic mass is 79.9. The summed E-state index contributed by atoms with van der Waals surface area (Å²) < 4.78 is 16.1. The maximum Gasteiger partial charge on any atom is 0.250 e. The Labute approximate surface area is 131 Å². The van der Waals surface area contributed by atoms with Crippen molar-refractivity contribution in [3.05, 3.63) is 21.6 Å². The number of rotatable bonds is 8. The summed E-state index contributed by atoms with van der Waals surface area (Å²) in [6.45, 7) is 3.09. The van der Waals surface area contributed by atoms with Crippen molar-refractivity contribution >= 4 is 39.1 Å². The molecular formula is C13H17BrClNO4. The summed E-state index contributed by atoms with van der Waals surface area (Å²) in [4.78, 5) is 11.8. The van der Waals surface area contributed by atoms with Gasteiger partial charge in [0.2, 0.25) is 5.91 Å². The van der Waals surface area contributed by atoms with Crippen LogP contribution in [0.5, 0.6) is 5.75 Å². The van der Waals surface area contributed by atoms with Gasteiger partial charge in [-0.2, -0.15) is 0 Å². The molecule has 112 valence electrons. The predicted octanol–water partition coefficient (Wildman–Crippen LogP) is 3.10. The van der Waals surface area contributed by atoms with E-state index in [0.29, 0.717) is 40.8 Å². The van der Waals surface area contributed by atoms with Crippen LogP contribution in [-0.2, 0) is 14.3 Å². The van der Waals surface area contributed by atoms with Crippen molar-refractivity contribution in [3.63, 3.8) is 0 Å². The molecule has 0 spiro atoms. The molecule has 5 nitrogen and oxygen atoms in total. The number of carbonyl (C=O) groups is 1. The van der Waals surface area contributed by atoms with Crippen LogP contribution in [0.1, 0.15) is 6.92 Å². The molecule has 1 N–H and O–H groups in total. The second kappa shape index (κ2) is 9.18. The zero-order valence-corrected chi connectivity index (χ0v) is 13.7. The van der Waals surface area contributed by atoms with Crippen molar-refractivity contribution in [2.45, 2.75) is 6.92 Å². The molecule has 0 aliphatic rings. The van der Waals surface area contributed by atoms with Crippen molar-refractivity contribution in [1.82, 2.24) is 0 Å². The van der Waals surface area contributed by atoms with Gasteiger partial charge < -0.3 is 19.5 Å². The van der Waals surface area contributed by atoms with Gasteiger partial charge in [-0.25, -0.2) is 0 Å². The first-order chi connectivity index (χ1) is 9.58. The zero-order valence-electron chi connectivity index (χ0n) is 11.4. The minimum atomic E-state index is -0.281. The Morgan fingerprint density at radius 3 is 2.80 bits per heavy atom. The van der Waals surface area contributed by atoms with Crippen LogP contribution >= 0.6 is 27.5 Å². The topological polar surface area (TPSA) is 56.8 Å². The number of benzene rings is 1. The van der Waals surface area contributed by atoms with Gasteiger partial charge in [0, 0.05) is 12.1 Å². The molecule has 0 heterocycles. The van der Waals surface area contributed by atoms with E-state index in [1.165, 1.54) is 0 Å². The Balaban J connectivity index is 2.68. The highest BCUT2D eigenvalue weighted by Crippen LogP contribution is 2.36. The van der Waals surface area contributed by atoms with E-state index in [4.69, 9.17) is 25.8 Å². The lowest BCUT2D eigenvalue weighted by Crippen LogP contribution is -2.20. The summed E-state index contributed by atoms with van der Waals surface area (Å²) in [5, 5.41) is 3.21. The number of amides is 1. The Hall–Kier alpha value is -0.820. The Morgan fingerprint density at radius 1 is 1.40 bits per heavy atom. The minimum Gasteiger partial charge on any atom is -0.491 e. The van der Waals surface area contributed by atoms with Crippen LogP contribution in [0.15, 0.2) is 16.6 Å². The van der Waals surface area contributed by atoms with Crippen LogP contribution in [0.3, 0.4) is 0 Å². The number of methoxy groups -OCH3 is 1. The molecule has 7 heteroatoms. The largest absolute Gasteiger partial charge is 0.491 e. The van der Waals surface area contributed by atoms with Crippen molar-refractivity contribution in [2.75, 3.05) is 38.9 Å². The summed E-state index contributed by atoms with van der Waals surface area (Å²) in [6, 6.07) is 3.33. The van der Waals surface area contributed by atoms with Crippen LogP contribution in [0, 0.1) is 0 Å². The van der Waals surface area contributed by atoms with Gasteiger partial charge in [0.1, 0.15) is 6.61 Å². The third kappa shape index (κ3) is 5.66. The number of carbonyl (C=O) groups excluding carboxylic acids is 1. The van der Waals surface area contributed by atoms with E-state index in [-0.39, 0.29) is 12.5 Å². The summed E-state index contributed by atoms with van der Waals surface area (Å²) in [6.07, 6.45) is 0. The van der Waals surface area contributed by atoms with Gasteiger partial charge in [-0.1, -0.05) is 11.6 Å². The molecule has 0 saturated heterocycles. The fourth-order valence-corrected chi connectivity index (χ4v) is 2.36. The van der Waals surface area contributed by atoms with Crippen molar-refractivity contribution < 1.29 is 19.0 Å². The van der Waals surface area contributed by atoms with E-state index in [2.05, 4.69) is 21.2 Å². The molecule has 0 saturated carbocycles. The summed E-state index contributed by atoms with van der Waals surface area (Å²) in [5.41, 5.74) is 0.506. The van der Waals surface area contributed by atoms with Crippen LogP contribution in [0.25, 0.3) is 0 Å². The first-order valence-corrected chi connectivity index (χ1v) is 7.24. The molecule has 0 bridgehead atoms. The van der Waals surface area contributed by atoms with Crippen molar-refractivity contribution in [1.29, 1.82) is 0 Å². The van der Waals surface area contributed by atoms with E-state index < -0.39 is 0 Å². The number of hydrogen-bond acceptors (Lipinski definition) is 4. The molecule has 0 aliphatic heterocycles. The molecular weight excluding hydrogens is 350 g/mol. The summed E-state index contributed by atoms with van der Waals surface area (Å²) in [5.74, 6) is 0.262. The predicted molar refractivity (Wildman–Crippen MR) is 81.6 cm³/mol. The van der Waals surface area contributed by atoms with E-state index in [1.807, 2.05) is 6.92 Å². The van der Waals surface area contributed by atoms with Crippen LogP contribution < -0.4 is 10.1 Å². The SMILES string of the molecule is CCOc1c(Br)cc(Cl)cc1NC(=O)COCCOC. The monoisotopic (exact) mass is 365 g/mol. The molecule has 0 atom stereocenters. The third-order valence-electron chi connectivity index (χ3n) is 2.24. The van der Waals surface area contributed by atoms with Gasteiger partial charge in [0.25, 0.3) is 0 Å². The Kier molecular flexibility index (Phi) is 7.91. The van der Waals surface area contributed by atoms with Crippen molar-refractivity contribution in [2.24, 2.45) is 0 Å². The molecule has 20 heavy (non-hydrogen) atoms. The van der Waals surface area contributed by atoms with E-state index in [1.54, 1.807) is 19.2 Å². The molecule has 1 aromatic carbocycles. The average Bonchev–Trinajstić information content (AvgIpc) is 2.39.